The molecule has 0 bridgehead atoms. The molecule has 0 aliphatic heterocycles. The number of benzene rings is 2. The average molecular weight is 338 g/mol. The summed E-state index contributed by atoms with van der Waals surface area (Å²) in [5, 5.41) is 9.76. The lowest BCUT2D eigenvalue weighted by Crippen LogP contribution is -2.33. The van der Waals surface area contributed by atoms with Gasteiger partial charge in [0.05, 0.1) is 5.56 Å². The van der Waals surface area contributed by atoms with E-state index in [1.807, 2.05) is 0 Å². The third kappa shape index (κ3) is 3.41. The summed E-state index contributed by atoms with van der Waals surface area (Å²) < 4.78 is 5.81. The van der Waals surface area contributed by atoms with Gasteiger partial charge in [0.1, 0.15) is 18.1 Å². The van der Waals surface area contributed by atoms with E-state index in [9.17, 15) is 9.90 Å². The van der Waals surface area contributed by atoms with E-state index in [2.05, 4.69) is 45.9 Å². The summed E-state index contributed by atoms with van der Waals surface area (Å²) in [7, 11) is 0. The van der Waals surface area contributed by atoms with Crippen molar-refractivity contribution in [3.63, 3.8) is 0 Å². The summed E-state index contributed by atoms with van der Waals surface area (Å²) >= 11 is 0. The Balaban J connectivity index is 1.83. The van der Waals surface area contributed by atoms with Crippen molar-refractivity contribution < 1.29 is 14.6 Å². The van der Waals surface area contributed by atoms with Crippen molar-refractivity contribution in [1.29, 1.82) is 0 Å². The molecule has 0 radical (unpaired) electrons. The molecule has 25 heavy (non-hydrogen) atoms. The number of phenolic OH excluding ortho intramolecular Hbond substituents is 1. The lowest BCUT2D eigenvalue weighted by molar-refractivity contribution is 0.112. The highest BCUT2D eigenvalue weighted by Crippen LogP contribution is 2.45. The number of phenols is 1. The molecule has 0 saturated heterocycles. The maximum Gasteiger partial charge on any atom is 0.153 e. The number of hydrogen-bond donors (Lipinski definition) is 1. The van der Waals surface area contributed by atoms with E-state index in [0.717, 1.165) is 5.56 Å². The molecule has 0 spiro atoms. The van der Waals surface area contributed by atoms with Crippen molar-refractivity contribution in [2.24, 2.45) is 0 Å². The standard InChI is InChI=1S/C22H26O3/c1-21(2)9-10-22(3,4)19-11-15(5-8-18(19)21)14-25-17-7-6-16(13-23)20(24)12-17/h5-8,11-13,24H,9-10,14H2,1-4H3. The first kappa shape index (κ1) is 17.5. The van der Waals surface area contributed by atoms with Crippen LogP contribution in [0.1, 0.15) is 67.6 Å². The van der Waals surface area contributed by atoms with Gasteiger partial charge in [0, 0.05) is 6.07 Å². The minimum absolute atomic E-state index is 0.0548. The Kier molecular flexibility index (Phi) is 4.36. The lowest BCUT2D eigenvalue weighted by Gasteiger charge is -2.42. The monoisotopic (exact) mass is 338 g/mol. The average Bonchev–Trinajstić information content (AvgIpc) is 2.57. The molecule has 3 rings (SSSR count). The molecule has 0 fully saturated rings. The number of hydrogen-bond acceptors (Lipinski definition) is 3. The van der Waals surface area contributed by atoms with Gasteiger partial charge in [0.15, 0.2) is 6.29 Å². The zero-order valence-corrected chi connectivity index (χ0v) is 15.4. The normalized spacial score (nSPS) is 17.6. The topological polar surface area (TPSA) is 46.5 Å². The Hall–Kier alpha value is -2.29. The number of carbonyl (C=O) groups is 1. The number of aldehydes is 1. The van der Waals surface area contributed by atoms with Crippen LogP contribution >= 0.6 is 0 Å². The zero-order valence-electron chi connectivity index (χ0n) is 15.4. The molecule has 1 N–H and O–H groups in total. The minimum atomic E-state index is -0.0548. The summed E-state index contributed by atoms with van der Waals surface area (Å²) in [4.78, 5) is 10.8. The number of fused-ring (bicyclic) bond motifs is 1. The first-order valence-corrected chi connectivity index (χ1v) is 8.78. The Bertz CT molecular complexity index is 803. The van der Waals surface area contributed by atoms with E-state index in [0.29, 0.717) is 18.6 Å². The molecule has 3 nitrogen and oxygen atoms in total. The molecule has 0 amide bonds. The van der Waals surface area contributed by atoms with Crippen LogP contribution in [0.4, 0.5) is 0 Å². The minimum Gasteiger partial charge on any atom is -0.507 e. The van der Waals surface area contributed by atoms with Gasteiger partial charge >= 0.3 is 0 Å². The van der Waals surface area contributed by atoms with Crippen molar-refractivity contribution in [2.75, 3.05) is 0 Å². The van der Waals surface area contributed by atoms with Gasteiger partial charge in [0.25, 0.3) is 0 Å². The van der Waals surface area contributed by atoms with Crippen molar-refractivity contribution in [3.05, 3.63) is 58.7 Å². The highest BCUT2D eigenvalue weighted by molar-refractivity contribution is 5.79. The second-order valence-corrected chi connectivity index (χ2v) is 8.27. The molecule has 2 aromatic carbocycles. The van der Waals surface area contributed by atoms with Crippen molar-refractivity contribution in [3.8, 4) is 11.5 Å². The van der Waals surface area contributed by atoms with Crippen LogP contribution in [0.15, 0.2) is 36.4 Å². The molecule has 0 aromatic heterocycles. The van der Waals surface area contributed by atoms with Gasteiger partial charge in [-0.2, -0.15) is 0 Å². The third-order valence-corrected chi connectivity index (χ3v) is 5.45. The van der Waals surface area contributed by atoms with Crippen LogP contribution in [0.3, 0.4) is 0 Å². The maximum absolute atomic E-state index is 10.8. The SMILES string of the molecule is CC1(C)CCC(C)(C)c2cc(COc3ccc(C=O)c(O)c3)ccc21. The van der Waals surface area contributed by atoms with Crippen LogP contribution in [0.25, 0.3) is 0 Å². The number of aromatic hydroxyl groups is 1. The van der Waals surface area contributed by atoms with Gasteiger partial charge in [-0.1, -0.05) is 45.9 Å². The third-order valence-electron chi connectivity index (χ3n) is 5.45. The molecular weight excluding hydrogens is 312 g/mol. The fourth-order valence-electron chi connectivity index (χ4n) is 3.61. The summed E-state index contributed by atoms with van der Waals surface area (Å²) in [6, 6.07) is 11.4. The van der Waals surface area contributed by atoms with Gasteiger partial charge < -0.3 is 9.84 Å². The van der Waals surface area contributed by atoms with Crippen LogP contribution < -0.4 is 4.74 Å². The van der Waals surface area contributed by atoms with E-state index >= 15 is 0 Å². The number of rotatable bonds is 4. The molecule has 0 unspecified atom stereocenters. The van der Waals surface area contributed by atoms with E-state index in [1.54, 1.807) is 12.1 Å². The Labute approximate surface area is 149 Å². The largest absolute Gasteiger partial charge is 0.507 e. The molecular formula is C22H26O3. The van der Waals surface area contributed by atoms with Crippen molar-refractivity contribution >= 4 is 6.29 Å². The van der Waals surface area contributed by atoms with Crippen LogP contribution in [-0.2, 0) is 17.4 Å². The van der Waals surface area contributed by atoms with Crippen LogP contribution in [0.2, 0.25) is 0 Å². The van der Waals surface area contributed by atoms with E-state index in [4.69, 9.17) is 4.74 Å². The summed E-state index contributed by atoms with van der Waals surface area (Å²) in [6.45, 7) is 9.68. The van der Waals surface area contributed by atoms with Crippen LogP contribution in [-0.4, -0.2) is 11.4 Å². The van der Waals surface area contributed by atoms with Gasteiger partial charge in [-0.25, -0.2) is 0 Å². The fraction of sp³-hybridized carbons (Fsp3) is 0.409. The van der Waals surface area contributed by atoms with Crippen molar-refractivity contribution in [1.82, 2.24) is 0 Å². The molecule has 2 aromatic rings. The Morgan fingerprint density at radius 2 is 1.68 bits per heavy atom. The predicted molar refractivity (Wildman–Crippen MR) is 99.6 cm³/mol. The fourth-order valence-corrected chi connectivity index (χ4v) is 3.61. The zero-order chi connectivity index (χ0) is 18.2. The molecule has 1 aliphatic rings. The smallest absolute Gasteiger partial charge is 0.153 e. The molecule has 132 valence electrons. The van der Waals surface area contributed by atoms with Gasteiger partial charge in [-0.15, -0.1) is 0 Å². The first-order valence-electron chi connectivity index (χ1n) is 8.78. The van der Waals surface area contributed by atoms with Gasteiger partial charge in [-0.05, 0) is 52.5 Å². The van der Waals surface area contributed by atoms with Crippen LogP contribution in [0.5, 0.6) is 11.5 Å². The Morgan fingerprint density at radius 3 is 2.32 bits per heavy atom. The van der Waals surface area contributed by atoms with Crippen LogP contribution in [0, 0.1) is 0 Å². The second kappa shape index (κ2) is 6.21. The van der Waals surface area contributed by atoms with Gasteiger partial charge in [0.2, 0.25) is 0 Å². The number of carbonyl (C=O) groups excluding carboxylic acids is 1. The molecule has 1 aliphatic carbocycles. The molecule has 0 atom stereocenters. The second-order valence-electron chi connectivity index (χ2n) is 8.27. The van der Waals surface area contributed by atoms with Gasteiger partial charge in [-0.3, -0.25) is 4.79 Å². The van der Waals surface area contributed by atoms with E-state index in [1.165, 1.54) is 30.0 Å². The first-order chi connectivity index (χ1) is 11.7. The molecule has 0 heterocycles. The van der Waals surface area contributed by atoms with Crippen molar-refractivity contribution in [2.45, 2.75) is 58.0 Å². The predicted octanol–water partition coefficient (Wildman–Crippen LogP) is 5.13. The summed E-state index contributed by atoms with van der Waals surface area (Å²) in [6.07, 6.45) is 3.01. The summed E-state index contributed by atoms with van der Waals surface area (Å²) in [5.41, 5.74) is 4.60. The number of ether oxygens (including phenoxy) is 1. The molecule has 0 saturated carbocycles. The quantitative estimate of drug-likeness (QED) is 0.786. The lowest BCUT2D eigenvalue weighted by atomic mass is 9.63. The van der Waals surface area contributed by atoms with E-state index in [-0.39, 0.29) is 22.1 Å². The molecule has 3 heteroatoms. The Morgan fingerprint density at radius 1 is 1.00 bits per heavy atom. The summed E-state index contributed by atoms with van der Waals surface area (Å²) in [5.74, 6) is 0.501. The maximum atomic E-state index is 10.8. The highest BCUT2D eigenvalue weighted by Gasteiger charge is 2.36. The van der Waals surface area contributed by atoms with E-state index < -0.39 is 0 Å². The highest BCUT2D eigenvalue weighted by atomic mass is 16.5.